The largest absolute Gasteiger partial charge is 0.383 e. The summed E-state index contributed by atoms with van der Waals surface area (Å²) in [6, 6.07) is 1.54. The SMILES string of the molecule is CCNC1CCC(N(C)CCOC)CC1. The van der Waals surface area contributed by atoms with Crippen LogP contribution in [0, 0.1) is 0 Å². The Balaban J connectivity index is 2.18. The van der Waals surface area contributed by atoms with E-state index in [0.29, 0.717) is 0 Å². The summed E-state index contributed by atoms with van der Waals surface area (Å²) < 4.78 is 5.11. The number of ether oxygens (including phenoxy) is 1. The third kappa shape index (κ3) is 4.49. The fourth-order valence-corrected chi connectivity index (χ4v) is 2.43. The Morgan fingerprint density at radius 1 is 1.27 bits per heavy atom. The van der Waals surface area contributed by atoms with Crippen LogP contribution in [-0.4, -0.2) is 50.8 Å². The average Bonchev–Trinajstić information content (AvgIpc) is 2.27. The van der Waals surface area contributed by atoms with Crippen molar-refractivity contribution < 1.29 is 4.74 Å². The van der Waals surface area contributed by atoms with Gasteiger partial charge in [-0.2, -0.15) is 0 Å². The Labute approximate surface area is 94.2 Å². The Bertz CT molecular complexity index is 156. The molecule has 0 bridgehead atoms. The third-order valence-electron chi connectivity index (χ3n) is 3.46. The van der Waals surface area contributed by atoms with Gasteiger partial charge >= 0.3 is 0 Å². The van der Waals surface area contributed by atoms with Crippen LogP contribution in [0.4, 0.5) is 0 Å². The molecule has 1 rings (SSSR count). The molecule has 0 aliphatic heterocycles. The second-order valence-corrected chi connectivity index (χ2v) is 4.54. The lowest BCUT2D eigenvalue weighted by Crippen LogP contribution is -2.41. The number of rotatable bonds is 6. The molecule has 3 heteroatoms. The lowest BCUT2D eigenvalue weighted by Gasteiger charge is -2.34. The summed E-state index contributed by atoms with van der Waals surface area (Å²) in [5.41, 5.74) is 0. The zero-order chi connectivity index (χ0) is 11.1. The Morgan fingerprint density at radius 3 is 2.47 bits per heavy atom. The zero-order valence-electron chi connectivity index (χ0n) is 10.5. The highest BCUT2D eigenvalue weighted by molar-refractivity contribution is 4.81. The number of likely N-dealkylation sites (N-methyl/N-ethyl adjacent to an activating group) is 1. The van der Waals surface area contributed by atoms with Crippen molar-refractivity contribution in [1.82, 2.24) is 10.2 Å². The molecule has 0 unspecified atom stereocenters. The van der Waals surface area contributed by atoms with E-state index in [0.717, 1.165) is 31.8 Å². The van der Waals surface area contributed by atoms with Crippen LogP contribution in [0.15, 0.2) is 0 Å². The van der Waals surface area contributed by atoms with Crippen molar-refractivity contribution in [3.63, 3.8) is 0 Å². The summed E-state index contributed by atoms with van der Waals surface area (Å²) in [5, 5.41) is 3.54. The van der Waals surface area contributed by atoms with Gasteiger partial charge in [0.1, 0.15) is 0 Å². The molecule has 0 heterocycles. The van der Waals surface area contributed by atoms with Crippen LogP contribution in [0.1, 0.15) is 32.6 Å². The first-order valence-electron chi connectivity index (χ1n) is 6.20. The lowest BCUT2D eigenvalue weighted by atomic mass is 9.90. The first-order valence-corrected chi connectivity index (χ1v) is 6.20. The molecular formula is C12H26N2O. The maximum atomic E-state index is 5.11. The maximum absolute atomic E-state index is 5.11. The molecule has 0 radical (unpaired) electrons. The summed E-state index contributed by atoms with van der Waals surface area (Å²) in [7, 11) is 3.99. The molecule has 1 fully saturated rings. The van der Waals surface area contributed by atoms with Gasteiger partial charge in [0.25, 0.3) is 0 Å². The second-order valence-electron chi connectivity index (χ2n) is 4.54. The average molecular weight is 214 g/mol. The molecule has 15 heavy (non-hydrogen) atoms. The van der Waals surface area contributed by atoms with Gasteiger partial charge in [-0.1, -0.05) is 6.92 Å². The topological polar surface area (TPSA) is 24.5 Å². The summed E-state index contributed by atoms with van der Waals surface area (Å²) in [4.78, 5) is 2.45. The van der Waals surface area contributed by atoms with E-state index in [1.54, 1.807) is 7.11 Å². The van der Waals surface area contributed by atoms with Gasteiger partial charge in [-0.05, 0) is 39.3 Å². The third-order valence-corrected chi connectivity index (χ3v) is 3.46. The van der Waals surface area contributed by atoms with Gasteiger partial charge in [0, 0.05) is 25.7 Å². The Hall–Kier alpha value is -0.120. The highest BCUT2D eigenvalue weighted by atomic mass is 16.5. The van der Waals surface area contributed by atoms with Crippen molar-refractivity contribution in [2.24, 2.45) is 0 Å². The van der Waals surface area contributed by atoms with Crippen molar-refractivity contribution in [2.75, 3.05) is 33.9 Å². The van der Waals surface area contributed by atoms with Crippen molar-refractivity contribution in [2.45, 2.75) is 44.7 Å². The number of methoxy groups -OCH3 is 1. The van der Waals surface area contributed by atoms with Gasteiger partial charge in [0.2, 0.25) is 0 Å². The molecule has 1 aliphatic rings. The van der Waals surface area contributed by atoms with E-state index in [2.05, 4.69) is 24.2 Å². The van der Waals surface area contributed by atoms with Crippen LogP contribution in [-0.2, 0) is 4.74 Å². The number of hydrogen-bond acceptors (Lipinski definition) is 3. The van der Waals surface area contributed by atoms with Crippen LogP contribution >= 0.6 is 0 Å². The van der Waals surface area contributed by atoms with Crippen molar-refractivity contribution in [3.05, 3.63) is 0 Å². The van der Waals surface area contributed by atoms with Crippen LogP contribution in [0.5, 0.6) is 0 Å². The van der Waals surface area contributed by atoms with Crippen LogP contribution in [0.2, 0.25) is 0 Å². The van der Waals surface area contributed by atoms with Crippen molar-refractivity contribution in [3.8, 4) is 0 Å². The van der Waals surface area contributed by atoms with E-state index in [-0.39, 0.29) is 0 Å². The van der Waals surface area contributed by atoms with E-state index in [4.69, 9.17) is 4.74 Å². The van der Waals surface area contributed by atoms with Crippen molar-refractivity contribution in [1.29, 1.82) is 0 Å². The Kier molecular flexibility index (Phi) is 6.22. The minimum absolute atomic E-state index is 0.766. The molecule has 1 saturated carbocycles. The molecule has 0 amide bonds. The standard InChI is InChI=1S/C12H26N2O/c1-4-13-11-5-7-12(8-6-11)14(2)9-10-15-3/h11-13H,4-10H2,1-3H3. The highest BCUT2D eigenvalue weighted by Gasteiger charge is 2.22. The summed E-state index contributed by atoms with van der Waals surface area (Å²) in [5.74, 6) is 0. The van der Waals surface area contributed by atoms with Gasteiger partial charge in [-0.3, -0.25) is 0 Å². The van der Waals surface area contributed by atoms with E-state index in [9.17, 15) is 0 Å². The molecule has 0 aromatic heterocycles. The van der Waals surface area contributed by atoms with Crippen LogP contribution < -0.4 is 5.32 Å². The molecule has 0 spiro atoms. The monoisotopic (exact) mass is 214 g/mol. The van der Waals surface area contributed by atoms with E-state index >= 15 is 0 Å². The first-order chi connectivity index (χ1) is 7.27. The van der Waals surface area contributed by atoms with E-state index in [1.807, 2.05) is 0 Å². The molecule has 0 saturated heterocycles. The molecule has 0 aromatic carbocycles. The maximum Gasteiger partial charge on any atom is 0.0589 e. The number of nitrogens with one attached hydrogen (secondary N) is 1. The van der Waals surface area contributed by atoms with E-state index in [1.165, 1.54) is 25.7 Å². The molecule has 0 atom stereocenters. The second kappa shape index (κ2) is 7.20. The van der Waals surface area contributed by atoms with Crippen LogP contribution in [0.3, 0.4) is 0 Å². The fraction of sp³-hybridized carbons (Fsp3) is 1.00. The Morgan fingerprint density at radius 2 is 1.93 bits per heavy atom. The predicted octanol–water partition coefficient (Wildman–Crippen LogP) is 1.49. The summed E-state index contributed by atoms with van der Waals surface area (Å²) in [6.07, 6.45) is 5.32. The number of hydrogen-bond donors (Lipinski definition) is 1. The summed E-state index contributed by atoms with van der Waals surface area (Å²) in [6.45, 7) is 5.21. The molecule has 1 N–H and O–H groups in total. The fourth-order valence-electron chi connectivity index (χ4n) is 2.43. The molecule has 90 valence electrons. The van der Waals surface area contributed by atoms with Crippen molar-refractivity contribution >= 4 is 0 Å². The highest BCUT2D eigenvalue weighted by Crippen LogP contribution is 2.22. The summed E-state index contributed by atoms with van der Waals surface area (Å²) >= 11 is 0. The van der Waals surface area contributed by atoms with Gasteiger partial charge in [0.05, 0.1) is 6.61 Å². The smallest absolute Gasteiger partial charge is 0.0589 e. The zero-order valence-corrected chi connectivity index (χ0v) is 10.5. The predicted molar refractivity (Wildman–Crippen MR) is 64.2 cm³/mol. The molecule has 0 aromatic rings. The molecule has 1 aliphatic carbocycles. The number of nitrogens with zero attached hydrogens (tertiary/aromatic N) is 1. The normalized spacial score (nSPS) is 27.2. The van der Waals surface area contributed by atoms with Crippen LogP contribution in [0.25, 0.3) is 0 Å². The lowest BCUT2D eigenvalue weighted by molar-refractivity contribution is 0.117. The minimum atomic E-state index is 0.766. The van der Waals surface area contributed by atoms with Gasteiger partial charge in [0.15, 0.2) is 0 Å². The molecule has 3 nitrogen and oxygen atoms in total. The first kappa shape index (κ1) is 12.9. The molecular weight excluding hydrogens is 188 g/mol. The minimum Gasteiger partial charge on any atom is -0.383 e. The van der Waals surface area contributed by atoms with E-state index < -0.39 is 0 Å². The quantitative estimate of drug-likeness (QED) is 0.725. The van der Waals surface area contributed by atoms with Gasteiger partial charge in [-0.15, -0.1) is 0 Å². The van der Waals surface area contributed by atoms with Gasteiger partial charge < -0.3 is 15.0 Å². The van der Waals surface area contributed by atoms with Gasteiger partial charge in [-0.25, -0.2) is 0 Å².